The summed E-state index contributed by atoms with van der Waals surface area (Å²) < 4.78 is 10.0. The van der Waals surface area contributed by atoms with E-state index in [2.05, 4.69) is 10.5 Å². The van der Waals surface area contributed by atoms with Gasteiger partial charge in [-0.1, -0.05) is 5.16 Å². The molecule has 11 heteroatoms. The number of aromatic nitrogens is 1. The number of halogens is 2. The maximum absolute atomic E-state index is 12.2. The Morgan fingerprint density at radius 1 is 1.35 bits per heavy atom. The molecule has 1 unspecified atom stereocenters. The largest absolute Gasteiger partial charge is 0.380 e. The first-order valence-corrected chi connectivity index (χ1v) is 7.98. The van der Waals surface area contributed by atoms with Crippen molar-refractivity contribution in [2.45, 2.75) is 19.4 Å². The lowest BCUT2D eigenvalue weighted by Gasteiger charge is -2.34. The van der Waals surface area contributed by atoms with Crippen LogP contribution >= 0.6 is 24.8 Å². The van der Waals surface area contributed by atoms with Crippen LogP contribution in [-0.2, 0) is 14.3 Å². The van der Waals surface area contributed by atoms with E-state index in [0.29, 0.717) is 50.7 Å². The number of amides is 2. The second-order valence-corrected chi connectivity index (χ2v) is 5.83. The number of piperazine rings is 1. The van der Waals surface area contributed by atoms with Crippen molar-refractivity contribution in [2.75, 3.05) is 51.7 Å². The number of carbonyl (C=O) groups is 2. The van der Waals surface area contributed by atoms with E-state index in [4.69, 9.17) is 15.0 Å². The molecule has 1 fully saturated rings. The summed E-state index contributed by atoms with van der Waals surface area (Å²) in [6, 6.07) is 1.66. The van der Waals surface area contributed by atoms with Gasteiger partial charge in [-0.15, -0.1) is 24.8 Å². The number of carbonyl (C=O) groups excluding carboxylic acids is 2. The lowest BCUT2D eigenvalue weighted by Crippen LogP contribution is -2.51. The summed E-state index contributed by atoms with van der Waals surface area (Å²) in [6.45, 7) is 4.83. The molecule has 150 valence electrons. The van der Waals surface area contributed by atoms with E-state index in [-0.39, 0.29) is 49.3 Å². The van der Waals surface area contributed by atoms with Crippen molar-refractivity contribution < 1.29 is 18.8 Å². The van der Waals surface area contributed by atoms with E-state index in [1.54, 1.807) is 25.0 Å². The standard InChI is InChI=1S/C15H25N5O4.2ClH/c1-11-7-13(18-24-11)17-14(21)10-19-3-5-20(6-4-19)15(22)8-12(9-16)23-2;;/h7,12H,3-6,8-10,16H2,1-2H3,(H,17,18,21);2*1H. The number of aryl methyl sites for hydroxylation is 1. The minimum absolute atomic E-state index is 0. The Kier molecular flexibility index (Phi) is 11.4. The average Bonchev–Trinajstić information content (AvgIpc) is 2.97. The lowest BCUT2D eigenvalue weighted by atomic mass is 10.2. The van der Waals surface area contributed by atoms with Crippen LogP contribution in [0.3, 0.4) is 0 Å². The summed E-state index contributed by atoms with van der Waals surface area (Å²) in [5.41, 5.74) is 5.54. The fourth-order valence-corrected chi connectivity index (χ4v) is 2.55. The van der Waals surface area contributed by atoms with Gasteiger partial charge in [-0.05, 0) is 6.92 Å². The molecule has 9 nitrogen and oxygen atoms in total. The molecular formula is C15H27Cl2N5O4. The number of hydrogen-bond acceptors (Lipinski definition) is 7. The predicted molar refractivity (Wildman–Crippen MR) is 102 cm³/mol. The molecule has 2 rings (SSSR count). The van der Waals surface area contributed by atoms with Gasteiger partial charge in [-0.3, -0.25) is 14.5 Å². The Bertz CT molecular complexity index is 560. The number of nitrogens with zero attached hydrogens (tertiary/aromatic N) is 3. The van der Waals surface area contributed by atoms with Gasteiger partial charge in [-0.25, -0.2) is 0 Å². The SMILES string of the molecule is COC(CN)CC(=O)N1CCN(CC(=O)Nc2cc(C)on2)CC1.Cl.Cl. The van der Waals surface area contributed by atoms with Gasteiger partial charge in [0, 0.05) is 45.9 Å². The summed E-state index contributed by atoms with van der Waals surface area (Å²) in [4.78, 5) is 27.9. The van der Waals surface area contributed by atoms with Crippen molar-refractivity contribution in [1.29, 1.82) is 0 Å². The number of hydrogen-bond donors (Lipinski definition) is 2. The molecule has 3 N–H and O–H groups in total. The Labute approximate surface area is 165 Å². The molecule has 1 saturated heterocycles. The monoisotopic (exact) mass is 411 g/mol. The molecule has 0 spiro atoms. The summed E-state index contributed by atoms with van der Waals surface area (Å²) >= 11 is 0. The van der Waals surface area contributed by atoms with Crippen LogP contribution in [0.15, 0.2) is 10.6 Å². The molecule has 1 atom stereocenters. The zero-order chi connectivity index (χ0) is 17.5. The number of nitrogens with one attached hydrogen (secondary N) is 1. The highest BCUT2D eigenvalue weighted by Crippen LogP contribution is 2.09. The van der Waals surface area contributed by atoms with Crippen molar-refractivity contribution >= 4 is 42.4 Å². The van der Waals surface area contributed by atoms with Gasteiger partial charge >= 0.3 is 0 Å². The van der Waals surface area contributed by atoms with Crippen molar-refractivity contribution in [3.8, 4) is 0 Å². The third-order valence-electron chi connectivity index (χ3n) is 3.99. The molecule has 1 aliphatic heterocycles. The molecule has 0 aromatic carbocycles. The second kappa shape index (κ2) is 12.1. The topological polar surface area (TPSA) is 114 Å². The first-order valence-electron chi connectivity index (χ1n) is 7.98. The van der Waals surface area contributed by atoms with E-state index in [1.165, 1.54) is 0 Å². The van der Waals surface area contributed by atoms with Crippen LogP contribution < -0.4 is 11.1 Å². The van der Waals surface area contributed by atoms with E-state index < -0.39 is 0 Å². The van der Waals surface area contributed by atoms with Crippen LogP contribution in [0.5, 0.6) is 0 Å². The summed E-state index contributed by atoms with van der Waals surface area (Å²) in [5, 5.41) is 6.42. The first kappa shape index (κ1) is 24.6. The first-order chi connectivity index (χ1) is 11.5. The summed E-state index contributed by atoms with van der Waals surface area (Å²) in [7, 11) is 1.55. The highest BCUT2D eigenvalue weighted by Gasteiger charge is 2.24. The Morgan fingerprint density at radius 3 is 2.50 bits per heavy atom. The van der Waals surface area contributed by atoms with Crippen molar-refractivity contribution in [3.05, 3.63) is 11.8 Å². The third-order valence-corrected chi connectivity index (χ3v) is 3.99. The average molecular weight is 412 g/mol. The molecule has 1 aromatic rings. The van der Waals surface area contributed by atoms with Crippen LogP contribution in [-0.4, -0.2) is 79.3 Å². The van der Waals surface area contributed by atoms with E-state index in [9.17, 15) is 9.59 Å². The Morgan fingerprint density at radius 2 is 2.00 bits per heavy atom. The van der Waals surface area contributed by atoms with Gasteiger partial charge < -0.3 is 25.2 Å². The maximum atomic E-state index is 12.2. The van der Waals surface area contributed by atoms with Crippen LogP contribution in [0, 0.1) is 6.92 Å². The van der Waals surface area contributed by atoms with Gasteiger partial charge in [0.25, 0.3) is 0 Å². The molecule has 26 heavy (non-hydrogen) atoms. The highest BCUT2D eigenvalue weighted by atomic mass is 35.5. The molecule has 2 heterocycles. The molecule has 1 aromatic heterocycles. The fraction of sp³-hybridized carbons (Fsp3) is 0.667. The van der Waals surface area contributed by atoms with Gasteiger partial charge in [-0.2, -0.15) is 0 Å². The molecule has 0 aliphatic carbocycles. The quantitative estimate of drug-likeness (QED) is 0.661. The minimum Gasteiger partial charge on any atom is -0.380 e. The van der Waals surface area contributed by atoms with E-state index >= 15 is 0 Å². The van der Waals surface area contributed by atoms with Gasteiger partial charge in [0.15, 0.2) is 5.82 Å². The maximum Gasteiger partial charge on any atom is 0.239 e. The Balaban J connectivity index is 0.00000312. The smallest absolute Gasteiger partial charge is 0.239 e. The molecule has 2 amide bonds. The summed E-state index contributed by atoms with van der Waals surface area (Å²) in [6.07, 6.45) is 0.0474. The third kappa shape index (κ3) is 7.46. The van der Waals surface area contributed by atoms with Gasteiger partial charge in [0.1, 0.15) is 5.76 Å². The van der Waals surface area contributed by atoms with Crippen molar-refractivity contribution in [2.24, 2.45) is 5.73 Å². The van der Waals surface area contributed by atoms with Gasteiger partial charge in [0.05, 0.1) is 19.1 Å². The van der Waals surface area contributed by atoms with Crippen LogP contribution in [0.25, 0.3) is 0 Å². The zero-order valence-corrected chi connectivity index (χ0v) is 16.6. The second-order valence-electron chi connectivity index (χ2n) is 5.83. The molecule has 0 bridgehead atoms. The molecule has 1 aliphatic rings. The minimum atomic E-state index is -0.243. The fourth-order valence-electron chi connectivity index (χ4n) is 2.55. The van der Waals surface area contributed by atoms with Gasteiger partial charge in [0.2, 0.25) is 11.8 Å². The zero-order valence-electron chi connectivity index (χ0n) is 15.0. The summed E-state index contributed by atoms with van der Waals surface area (Å²) in [5.74, 6) is 0.947. The lowest BCUT2D eigenvalue weighted by molar-refractivity contribution is -0.135. The van der Waals surface area contributed by atoms with Crippen LogP contribution in [0.4, 0.5) is 5.82 Å². The number of nitrogens with two attached hydrogens (primary N) is 1. The number of ether oxygens (including phenoxy) is 1. The van der Waals surface area contributed by atoms with Crippen LogP contribution in [0.2, 0.25) is 0 Å². The van der Waals surface area contributed by atoms with E-state index in [1.807, 2.05) is 4.90 Å². The normalized spacial score (nSPS) is 15.6. The number of anilines is 1. The highest BCUT2D eigenvalue weighted by molar-refractivity contribution is 5.91. The number of rotatable bonds is 7. The molecule has 0 saturated carbocycles. The van der Waals surface area contributed by atoms with Crippen molar-refractivity contribution in [3.63, 3.8) is 0 Å². The van der Waals surface area contributed by atoms with E-state index in [0.717, 1.165) is 0 Å². The predicted octanol–water partition coefficient (Wildman–Crippen LogP) is 0.273. The number of methoxy groups -OCH3 is 1. The molecule has 0 radical (unpaired) electrons. The molecular weight excluding hydrogens is 385 g/mol. The van der Waals surface area contributed by atoms with Crippen LogP contribution in [0.1, 0.15) is 12.2 Å². The Hall–Kier alpha value is -1.39. The van der Waals surface area contributed by atoms with Crippen molar-refractivity contribution in [1.82, 2.24) is 15.0 Å².